The van der Waals surface area contributed by atoms with Crippen molar-refractivity contribution in [2.75, 3.05) is 0 Å². The number of halogens is 1. The molecule has 2 rings (SSSR count). The second-order valence-electron chi connectivity index (χ2n) is 6.20. The summed E-state index contributed by atoms with van der Waals surface area (Å²) in [6.45, 7) is 4.13. The highest BCUT2D eigenvalue weighted by atomic mass is 127. The summed E-state index contributed by atoms with van der Waals surface area (Å²) in [5.41, 5.74) is 2.01. The van der Waals surface area contributed by atoms with Crippen LogP contribution in [0.5, 0.6) is 0 Å². The van der Waals surface area contributed by atoms with Crippen LogP contribution in [0.15, 0.2) is 34.6 Å². The molecule has 0 radical (unpaired) electrons. The summed E-state index contributed by atoms with van der Waals surface area (Å²) in [6, 6.07) is 0. The Bertz CT molecular complexity index is 569. The van der Waals surface area contributed by atoms with Gasteiger partial charge in [-0.1, -0.05) is 54.0 Å². The Labute approximate surface area is 145 Å². The van der Waals surface area contributed by atoms with Gasteiger partial charge in [0, 0.05) is 21.0 Å². The fourth-order valence-electron chi connectivity index (χ4n) is 3.12. The molecule has 2 atom stereocenters. The van der Waals surface area contributed by atoms with Gasteiger partial charge in [0.05, 0.1) is 0 Å². The minimum absolute atomic E-state index is 0.0597. The van der Waals surface area contributed by atoms with Crippen molar-refractivity contribution >= 4 is 34.2 Å². The third-order valence-corrected chi connectivity index (χ3v) is 5.80. The standard InChI is InChI=1S/C18H23IO3/c1-3-4-5-6-12-10-15(20)16(18(22)17(12)21)13-9-11(2)7-8-14(13)19/h7,10,13-14,22H,3-6,8-9H2,1-2H3/t13-,14?/m1/s1. The van der Waals surface area contributed by atoms with E-state index in [2.05, 4.69) is 35.6 Å². The van der Waals surface area contributed by atoms with Gasteiger partial charge in [0.1, 0.15) is 0 Å². The molecule has 4 heteroatoms. The second-order valence-corrected chi connectivity index (χ2v) is 7.80. The first-order valence-electron chi connectivity index (χ1n) is 7.98. The highest BCUT2D eigenvalue weighted by Crippen LogP contribution is 2.38. The van der Waals surface area contributed by atoms with Crippen LogP contribution in [0.2, 0.25) is 0 Å². The summed E-state index contributed by atoms with van der Waals surface area (Å²) in [5, 5.41) is 10.3. The van der Waals surface area contributed by atoms with Crippen molar-refractivity contribution in [3.63, 3.8) is 0 Å². The van der Waals surface area contributed by atoms with Gasteiger partial charge in [0.2, 0.25) is 5.78 Å². The summed E-state index contributed by atoms with van der Waals surface area (Å²) in [4.78, 5) is 24.8. The van der Waals surface area contributed by atoms with E-state index in [1.807, 2.05) is 6.92 Å². The number of ketones is 2. The van der Waals surface area contributed by atoms with E-state index < -0.39 is 0 Å². The van der Waals surface area contributed by atoms with E-state index in [9.17, 15) is 14.7 Å². The molecule has 1 unspecified atom stereocenters. The molecule has 0 saturated carbocycles. The molecule has 0 fully saturated rings. The van der Waals surface area contributed by atoms with Crippen LogP contribution in [-0.4, -0.2) is 20.6 Å². The predicted molar refractivity (Wildman–Crippen MR) is 96.2 cm³/mol. The Morgan fingerprint density at radius 1 is 1.32 bits per heavy atom. The van der Waals surface area contributed by atoms with Crippen LogP contribution in [0.4, 0.5) is 0 Å². The van der Waals surface area contributed by atoms with Gasteiger partial charge in [-0.3, -0.25) is 9.59 Å². The van der Waals surface area contributed by atoms with E-state index >= 15 is 0 Å². The normalized spacial score (nSPS) is 26.1. The van der Waals surface area contributed by atoms with Crippen molar-refractivity contribution in [2.45, 2.75) is 56.3 Å². The Kier molecular flexibility index (Phi) is 6.01. The summed E-state index contributed by atoms with van der Waals surface area (Å²) >= 11 is 2.32. The topological polar surface area (TPSA) is 54.4 Å². The molecule has 120 valence electrons. The number of aliphatic hydroxyl groups excluding tert-OH is 1. The number of unbranched alkanes of at least 4 members (excludes halogenated alkanes) is 2. The van der Waals surface area contributed by atoms with E-state index in [-0.39, 0.29) is 27.2 Å². The molecule has 0 heterocycles. The molecular formula is C18H23IO3. The third-order valence-electron chi connectivity index (χ3n) is 4.42. The fourth-order valence-corrected chi connectivity index (χ4v) is 3.99. The van der Waals surface area contributed by atoms with Crippen molar-refractivity contribution in [3.05, 3.63) is 34.6 Å². The van der Waals surface area contributed by atoms with Crippen molar-refractivity contribution in [3.8, 4) is 0 Å². The zero-order valence-corrected chi connectivity index (χ0v) is 15.4. The zero-order valence-electron chi connectivity index (χ0n) is 13.2. The van der Waals surface area contributed by atoms with Gasteiger partial charge in [-0.2, -0.15) is 0 Å². The maximum atomic E-state index is 12.5. The average Bonchev–Trinajstić information content (AvgIpc) is 2.48. The van der Waals surface area contributed by atoms with E-state index in [0.717, 1.165) is 32.1 Å². The molecule has 0 bridgehead atoms. The Morgan fingerprint density at radius 3 is 2.73 bits per heavy atom. The number of carbonyl (C=O) groups excluding carboxylic acids is 2. The highest BCUT2D eigenvalue weighted by Gasteiger charge is 2.36. The van der Waals surface area contributed by atoms with Gasteiger partial charge in [-0.15, -0.1) is 0 Å². The van der Waals surface area contributed by atoms with Gasteiger partial charge in [-0.25, -0.2) is 0 Å². The highest BCUT2D eigenvalue weighted by molar-refractivity contribution is 14.1. The maximum absolute atomic E-state index is 12.5. The molecule has 1 N–H and O–H groups in total. The fraction of sp³-hybridized carbons (Fsp3) is 0.556. The number of allylic oxidation sites excluding steroid dienone is 5. The summed E-state index contributed by atoms with van der Waals surface area (Å²) in [5.74, 6) is -0.887. The number of alkyl halides is 1. The number of rotatable bonds is 5. The second kappa shape index (κ2) is 7.57. The van der Waals surface area contributed by atoms with Gasteiger partial charge >= 0.3 is 0 Å². The summed E-state index contributed by atoms with van der Waals surface area (Å²) in [6.07, 6.45) is 8.80. The average molecular weight is 414 g/mol. The monoisotopic (exact) mass is 414 g/mol. The third kappa shape index (κ3) is 3.70. The lowest BCUT2D eigenvalue weighted by Crippen LogP contribution is -2.30. The molecule has 0 saturated heterocycles. The summed E-state index contributed by atoms with van der Waals surface area (Å²) < 4.78 is 0.241. The molecular weight excluding hydrogens is 391 g/mol. The Hall–Kier alpha value is -0.910. The van der Waals surface area contributed by atoms with Crippen LogP contribution in [0.3, 0.4) is 0 Å². The first kappa shape index (κ1) is 17.4. The predicted octanol–water partition coefficient (Wildman–Crippen LogP) is 4.62. The molecule has 0 aromatic rings. The summed E-state index contributed by atoms with van der Waals surface area (Å²) in [7, 11) is 0. The molecule has 0 spiro atoms. The number of hydrogen-bond donors (Lipinski definition) is 1. The molecule has 2 aliphatic rings. The number of carbonyl (C=O) groups is 2. The van der Waals surface area contributed by atoms with Crippen LogP contribution < -0.4 is 0 Å². The van der Waals surface area contributed by atoms with Gasteiger partial charge in [0.15, 0.2) is 11.5 Å². The van der Waals surface area contributed by atoms with Crippen molar-refractivity contribution in [2.24, 2.45) is 5.92 Å². The van der Waals surface area contributed by atoms with Crippen LogP contribution in [-0.2, 0) is 9.59 Å². The quantitative estimate of drug-likeness (QED) is 0.235. The largest absolute Gasteiger partial charge is 0.504 e. The van der Waals surface area contributed by atoms with Crippen molar-refractivity contribution in [1.82, 2.24) is 0 Å². The molecule has 0 aromatic carbocycles. The lowest BCUT2D eigenvalue weighted by Gasteiger charge is -2.29. The van der Waals surface area contributed by atoms with Gasteiger partial charge < -0.3 is 5.11 Å². The van der Waals surface area contributed by atoms with Crippen molar-refractivity contribution in [1.29, 1.82) is 0 Å². The van der Waals surface area contributed by atoms with E-state index in [0.29, 0.717) is 17.6 Å². The van der Waals surface area contributed by atoms with Crippen LogP contribution in [0.1, 0.15) is 52.4 Å². The van der Waals surface area contributed by atoms with Crippen LogP contribution >= 0.6 is 22.6 Å². The van der Waals surface area contributed by atoms with E-state index in [1.165, 1.54) is 11.6 Å². The molecule has 0 amide bonds. The number of hydrogen-bond acceptors (Lipinski definition) is 3. The van der Waals surface area contributed by atoms with Gasteiger partial charge in [-0.05, 0) is 38.7 Å². The molecule has 0 aliphatic heterocycles. The Balaban J connectivity index is 2.22. The van der Waals surface area contributed by atoms with E-state index in [1.54, 1.807) is 0 Å². The lowest BCUT2D eigenvalue weighted by atomic mass is 9.78. The van der Waals surface area contributed by atoms with E-state index in [4.69, 9.17) is 0 Å². The molecule has 22 heavy (non-hydrogen) atoms. The maximum Gasteiger partial charge on any atom is 0.223 e. The number of aliphatic hydroxyl groups is 1. The number of Topliss-reactive ketones (excluding diaryl/α,β-unsaturated/α-hetero) is 1. The first-order chi connectivity index (χ1) is 10.5. The smallest absolute Gasteiger partial charge is 0.223 e. The van der Waals surface area contributed by atoms with Crippen molar-refractivity contribution < 1.29 is 14.7 Å². The van der Waals surface area contributed by atoms with Gasteiger partial charge in [0.25, 0.3) is 0 Å². The zero-order chi connectivity index (χ0) is 16.3. The SMILES string of the molecule is CCCCCC1=CC(=O)C([C@@H]2CC(C)=CCC2I)=C(O)C1=O. The molecule has 3 nitrogen and oxygen atoms in total. The molecule has 0 aromatic heterocycles. The minimum atomic E-state index is -0.346. The molecule has 2 aliphatic carbocycles. The Morgan fingerprint density at radius 2 is 2.05 bits per heavy atom. The van der Waals surface area contributed by atoms with Crippen LogP contribution in [0, 0.1) is 5.92 Å². The lowest BCUT2D eigenvalue weighted by molar-refractivity contribution is -0.118. The minimum Gasteiger partial charge on any atom is -0.504 e. The first-order valence-corrected chi connectivity index (χ1v) is 9.22. The van der Waals surface area contributed by atoms with Crippen LogP contribution in [0.25, 0.3) is 0 Å².